The minimum absolute atomic E-state index is 0.161. The van der Waals surface area contributed by atoms with Gasteiger partial charge in [0.2, 0.25) is 0 Å². The van der Waals surface area contributed by atoms with E-state index in [2.05, 4.69) is 17.9 Å². The third-order valence-electron chi connectivity index (χ3n) is 1.72. The maximum Gasteiger partial charge on any atom is 0.117 e. The topological polar surface area (TPSA) is 47.9 Å². The molecule has 0 aromatic heterocycles. The zero-order valence-corrected chi connectivity index (χ0v) is 8.46. The van der Waals surface area contributed by atoms with Gasteiger partial charge in [0.15, 0.2) is 0 Å². The summed E-state index contributed by atoms with van der Waals surface area (Å²) in [6, 6.07) is 10.5. The Morgan fingerprint density at radius 1 is 1.31 bits per heavy atom. The molecule has 2 nitrogen and oxygen atoms in total. The minimum atomic E-state index is 0.161. The molecule has 0 aliphatic carbocycles. The van der Waals surface area contributed by atoms with Gasteiger partial charge in [-0.05, 0) is 5.56 Å². The summed E-state index contributed by atoms with van der Waals surface area (Å²) in [7, 11) is 0. The van der Waals surface area contributed by atoms with Gasteiger partial charge in [-0.2, -0.15) is 11.8 Å². The molecular weight excluding hydrogens is 182 g/mol. The highest BCUT2D eigenvalue weighted by Gasteiger charge is 2.03. The molecule has 13 heavy (non-hydrogen) atoms. The molecule has 0 radical (unpaired) electrons. The molecule has 1 aromatic rings. The summed E-state index contributed by atoms with van der Waals surface area (Å²) in [4.78, 5) is 0. The summed E-state index contributed by atoms with van der Waals surface area (Å²) < 4.78 is 0. The lowest BCUT2D eigenvalue weighted by Crippen LogP contribution is -2.64. The van der Waals surface area contributed by atoms with E-state index in [-0.39, 0.29) is 12.6 Å². The molecule has 0 amide bonds. The smallest absolute Gasteiger partial charge is 0.117 e. The summed E-state index contributed by atoms with van der Waals surface area (Å²) in [5.74, 6) is 1.93. The van der Waals surface area contributed by atoms with Gasteiger partial charge in [-0.15, -0.1) is 0 Å². The first-order valence-electron chi connectivity index (χ1n) is 4.38. The monoisotopic (exact) mass is 198 g/mol. The van der Waals surface area contributed by atoms with Crippen LogP contribution in [0.2, 0.25) is 0 Å². The summed E-state index contributed by atoms with van der Waals surface area (Å²) in [6.07, 6.45) is 0. The van der Waals surface area contributed by atoms with Gasteiger partial charge in [0, 0.05) is 11.5 Å². The summed E-state index contributed by atoms with van der Waals surface area (Å²) in [5, 5.41) is 8.76. The standard InChI is InChI=1S/C10H15NOS/c11-10(6-12)8-13-7-9-4-2-1-3-5-9/h1-5,10,12H,6-8,11H2/p+1. The van der Waals surface area contributed by atoms with Crippen LogP contribution in [0, 0.1) is 0 Å². The van der Waals surface area contributed by atoms with Gasteiger partial charge in [-0.25, -0.2) is 0 Å². The normalized spacial score (nSPS) is 12.8. The van der Waals surface area contributed by atoms with Crippen LogP contribution in [0.3, 0.4) is 0 Å². The van der Waals surface area contributed by atoms with Crippen LogP contribution in [0.15, 0.2) is 30.3 Å². The lowest BCUT2D eigenvalue weighted by atomic mass is 10.2. The molecule has 0 fully saturated rings. The number of aliphatic hydroxyl groups is 1. The van der Waals surface area contributed by atoms with Crippen LogP contribution in [-0.2, 0) is 5.75 Å². The lowest BCUT2D eigenvalue weighted by Gasteiger charge is -2.04. The van der Waals surface area contributed by atoms with Gasteiger partial charge in [0.1, 0.15) is 6.04 Å². The van der Waals surface area contributed by atoms with Gasteiger partial charge in [0.25, 0.3) is 0 Å². The van der Waals surface area contributed by atoms with E-state index in [1.165, 1.54) is 5.56 Å². The molecule has 4 N–H and O–H groups in total. The van der Waals surface area contributed by atoms with Crippen LogP contribution in [0.25, 0.3) is 0 Å². The molecule has 0 aliphatic heterocycles. The molecular formula is C10H16NOS+. The molecule has 0 saturated heterocycles. The van der Waals surface area contributed by atoms with Crippen LogP contribution in [0.1, 0.15) is 5.56 Å². The fourth-order valence-corrected chi connectivity index (χ4v) is 1.96. The number of hydrogen-bond donors (Lipinski definition) is 2. The predicted molar refractivity (Wildman–Crippen MR) is 56.4 cm³/mol. The number of quaternary nitrogens is 1. The molecule has 0 aliphatic rings. The molecule has 1 aromatic carbocycles. The van der Waals surface area contributed by atoms with E-state index in [4.69, 9.17) is 5.11 Å². The number of hydrogen-bond acceptors (Lipinski definition) is 2. The van der Waals surface area contributed by atoms with Crippen molar-refractivity contribution in [1.29, 1.82) is 0 Å². The average molecular weight is 198 g/mol. The van der Waals surface area contributed by atoms with E-state index in [1.807, 2.05) is 30.0 Å². The number of rotatable bonds is 5. The predicted octanol–water partition coefficient (Wildman–Crippen LogP) is 0.523. The van der Waals surface area contributed by atoms with Crippen molar-refractivity contribution < 1.29 is 10.8 Å². The van der Waals surface area contributed by atoms with E-state index < -0.39 is 0 Å². The molecule has 0 heterocycles. The molecule has 0 spiro atoms. The Kier molecular flexibility index (Phi) is 4.90. The molecule has 1 rings (SSSR count). The Morgan fingerprint density at radius 2 is 2.00 bits per heavy atom. The summed E-state index contributed by atoms with van der Waals surface area (Å²) >= 11 is 1.82. The van der Waals surface area contributed by atoms with Crippen molar-refractivity contribution in [2.24, 2.45) is 0 Å². The molecule has 3 heteroatoms. The van der Waals surface area contributed by atoms with Crippen molar-refractivity contribution >= 4 is 11.8 Å². The minimum Gasteiger partial charge on any atom is -0.390 e. The van der Waals surface area contributed by atoms with Crippen LogP contribution in [0.4, 0.5) is 0 Å². The summed E-state index contributed by atoms with van der Waals surface area (Å²) in [6.45, 7) is 0.182. The van der Waals surface area contributed by atoms with E-state index in [1.54, 1.807) is 0 Å². The van der Waals surface area contributed by atoms with Gasteiger partial charge in [0.05, 0.1) is 6.61 Å². The quantitative estimate of drug-likeness (QED) is 0.725. The van der Waals surface area contributed by atoms with Crippen molar-refractivity contribution in [2.45, 2.75) is 11.8 Å². The highest BCUT2D eigenvalue weighted by Crippen LogP contribution is 2.11. The van der Waals surface area contributed by atoms with Crippen molar-refractivity contribution in [2.75, 3.05) is 12.4 Å². The Balaban J connectivity index is 2.20. The fraction of sp³-hybridized carbons (Fsp3) is 0.400. The second kappa shape index (κ2) is 6.02. The number of thioether (sulfide) groups is 1. The Labute approximate surface area is 83.1 Å². The number of aliphatic hydroxyl groups excluding tert-OH is 1. The first kappa shape index (κ1) is 10.6. The molecule has 72 valence electrons. The maximum atomic E-state index is 8.76. The Hall–Kier alpha value is -0.510. The van der Waals surface area contributed by atoms with Crippen LogP contribution < -0.4 is 5.73 Å². The molecule has 0 saturated carbocycles. The van der Waals surface area contributed by atoms with Gasteiger partial charge < -0.3 is 10.8 Å². The average Bonchev–Trinajstić information content (AvgIpc) is 2.19. The fourth-order valence-electron chi connectivity index (χ4n) is 0.970. The Bertz CT molecular complexity index is 228. The lowest BCUT2D eigenvalue weighted by molar-refractivity contribution is -0.417. The van der Waals surface area contributed by atoms with Gasteiger partial charge in [-0.3, -0.25) is 0 Å². The number of benzene rings is 1. The van der Waals surface area contributed by atoms with E-state index in [0.717, 1.165) is 11.5 Å². The van der Waals surface area contributed by atoms with Crippen molar-refractivity contribution in [3.63, 3.8) is 0 Å². The largest absolute Gasteiger partial charge is 0.390 e. The van der Waals surface area contributed by atoms with Gasteiger partial charge >= 0.3 is 0 Å². The van der Waals surface area contributed by atoms with Gasteiger partial charge in [-0.1, -0.05) is 30.3 Å². The first-order valence-corrected chi connectivity index (χ1v) is 5.54. The van der Waals surface area contributed by atoms with E-state index in [0.29, 0.717) is 0 Å². The molecule has 1 atom stereocenters. The van der Waals surface area contributed by atoms with Crippen molar-refractivity contribution in [1.82, 2.24) is 0 Å². The third kappa shape index (κ3) is 4.31. The zero-order valence-electron chi connectivity index (χ0n) is 7.65. The highest BCUT2D eigenvalue weighted by molar-refractivity contribution is 7.98. The zero-order chi connectivity index (χ0) is 9.52. The second-order valence-corrected chi connectivity index (χ2v) is 4.08. The van der Waals surface area contributed by atoms with Crippen molar-refractivity contribution in [3.8, 4) is 0 Å². The third-order valence-corrected chi connectivity index (χ3v) is 2.97. The maximum absolute atomic E-state index is 8.76. The highest BCUT2D eigenvalue weighted by atomic mass is 32.2. The molecule has 0 bridgehead atoms. The van der Waals surface area contributed by atoms with Crippen LogP contribution in [-0.4, -0.2) is 23.5 Å². The Morgan fingerprint density at radius 3 is 2.62 bits per heavy atom. The second-order valence-electron chi connectivity index (χ2n) is 3.05. The van der Waals surface area contributed by atoms with Crippen LogP contribution >= 0.6 is 11.8 Å². The van der Waals surface area contributed by atoms with E-state index >= 15 is 0 Å². The van der Waals surface area contributed by atoms with E-state index in [9.17, 15) is 0 Å². The first-order chi connectivity index (χ1) is 6.33. The van der Waals surface area contributed by atoms with Crippen LogP contribution in [0.5, 0.6) is 0 Å². The summed E-state index contributed by atoms with van der Waals surface area (Å²) in [5.41, 5.74) is 5.15. The SMILES string of the molecule is [NH3+]C(CO)CSCc1ccccc1. The molecule has 1 unspecified atom stereocenters. The van der Waals surface area contributed by atoms with Crippen molar-refractivity contribution in [3.05, 3.63) is 35.9 Å².